The molecule has 0 unspecified atom stereocenters. The van der Waals surface area contributed by atoms with Crippen molar-refractivity contribution in [2.24, 2.45) is 0 Å². The Bertz CT molecular complexity index is 829. The standard InChI is InChI=1S/C20H27N3O3S/c1-26-14-8-13-23-19(25)16-9-4-5-10-17(16)21-20(23)27-15-18(24)22-11-6-2-3-7-12-22/h4-5,9-10H,2-3,6-8,11-15H2,1H3. The minimum atomic E-state index is -0.0542. The van der Waals surface area contributed by atoms with Gasteiger partial charge in [0.25, 0.3) is 5.56 Å². The summed E-state index contributed by atoms with van der Waals surface area (Å²) >= 11 is 1.36. The Kier molecular flexibility index (Phi) is 7.29. The third-order valence-electron chi connectivity index (χ3n) is 4.84. The molecule has 1 saturated heterocycles. The van der Waals surface area contributed by atoms with E-state index in [0.717, 1.165) is 32.4 Å². The van der Waals surface area contributed by atoms with Crippen LogP contribution < -0.4 is 5.56 Å². The molecule has 146 valence electrons. The normalized spacial score (nSPS) is 15.1. The van der Waals surface area contributed by atoms with Crippen molar-refractivity contribution in [1.29, 1.82) is 0 Å². The minimum absolute atomic E-state index is 0.0542. The zero-order valence-electron chi connectivity index (χ0n) is 15.9. The summed E-state index contributed by atoms with van der Waals surface area (Å²) in [6.45, 7) is 2.79. The number of hydrogen-bond donors (Lipinski definition) is 0. The number of hydrogen-bond acceptors (Lipinski definition) is 5. The van der Waals surface area contributed by atoms with E-state index in [1.807, 2.05) is 23.1 Å². The van der Waals surface area contributed by atoms with E-state index in [9.17, 15) is 9.59 Å². The van der Waals surface area contributed by atoms with E-state index in [1.165, 1.54) is 24.6 Å². The van der Waals surface area contributed by atoms with E-state index in [2.05, 4.69) is 4.98 Å². The summed E-state index contributed by atoms with van der Waals surface area (Å²) in [5.41, 5.74) is 0.622. The molecule has 0 aliphatic carbocycles. The van der Waals surface area contributed by atoms with Crippen molar-refractivity contribution in [2.45, 2.75) is 43.8 Å². The van der Waals surface area contributed by atoms with Gasteiger partial charge < -0.3 is 9.64 Å². The number of ether oxygens (including phenoxy) is 1. The molecule has 1 fully saturated rings. The first kappa shape index (κ1) is 19.9. The zero-order chi connectivity index (χ0) is 19.1. The van der Waals surface area contributed by atoms with Gasteiger partial charge in [0.15, 0.2) is 5.16 Å². The summed E-state index contributed by atoms with van der Waals surface area (Å²) in [5.74, 6) is 0.447. The lowest BCUT2D eigenvalue weighted by molar-refractivity contribution is -0.128. The molecule has 1 aromatic carbocycles. The summed E-state index contributed by atoms with van der Waals surface area (Å²) in [6.07, 6.45) is 5.27. The number of methoxy groups -OCH3 is 1. The number of thioether (sulfide) groups is 1. The van der Waals surface area contributed by atoms with Crippen LogP contribution in [0, 0.1) is 0 Å². The van der Waals surface area contributed by atoms with Gasteiger partial charge in [0.1, 0.15) is 0 Å². The van der Waals surface area contributed by atoms with Gasteiger partial charge in [-0.3, -0.25) is 14.2 Å². The highest BCUT2D eigenvalue weighted by Gasteiger charge is 2.18. The number of carbonyl (C=O) groups is 1. The topological polar surface area (TPSA) is 64.4 Å². The molecule has 3 rings (SSSR count). The smallest absolute Gasteiger partial charge is 0.262 e. The fraction of sp³-hybridized carbons (Fsp3) is 0.550. The Balaban J connectivity index is 1.79. The summed E-state index contributed by atoms with van der Waals surface area (Å²) in [5, 5.41) is 1.22. The third-order valence-corrected chi connectivity index (χ3v) is 5.80. The molecule has 2 heterocycles. The summed E-state index contributed by atoms with van der Waals surface area (Å²) < 4.78 is 6.80. The molecule has 0 atom stereocenters. The molecular weight excluding hydrogens is 362 g/mol. The highest BCUT2D eigenvalue weighted by Crippen LogP contribution is 2.20. The molecular formula is C20H27N3O3S. The predicted molar refractivity (Wildman–Crippen MR) is 108 cm³/mol. The van der Waals surface area contributed by atoms with Crippen LogP contribution in [0.1, 0.15) is 32.1 Å². The SMILES string of the molecule is COCCCn1c(SCC(=O)N2CCCCCC2)nc2ccccc2c1=O. The van der Waals surface area contributed by atoms with Crippen LogP contribution in [0.2, 0.25) is 0 Å². The summed E-state index contributed by atoms with van der Waals surface area (Å²) in [6, 6.07) is 7.37. The lowest BCUT2D eigenvalue weighted by Gasteiger charge is -2.20. The van der Waals surface area contributed by atoms with Crippen molar-refractivity contribution < 1.29 is 9.53 Å². The molecule has 1 amide bonds. The van der Waals surface area contributed by atoms with E-state index in [-0.39, 0.29) is 11.5 Å². The van der Waals surface area contributed by atoms with Crippen molar-refractivity contribution in [3.8, 4) is 0 Å². The van der Waals surface area contributed by atoms with Gasteiger partial charge in [-0.1, -0.05) is 36.7 Å². The van der Waals surface area contributed by atoms with Crippen LogP contribution in [0.5, 0.6) is 0 Å². The van der Waals surface area contributed by atoms with Crippen molar-refractivity contribution in [3.63, 3.8) is 0 Å². The maximum absolute atomic E-state index is 12.9. The van der Waals surface area contributed by atoms with E-state index < -0.39 is 0 Å². The molecule has 0 bridgehead atoms. The summed E-state index contributed by atoms with van der Waals surface area (Å²) in [7, 11) is 1.65. The van der Waals surface area contributed by atoms with E-state index in [1.54, 1.807) is 17.7 Å². The fourth-order valence-electron chi connectivity index (χ4n) is 3.36. The monoisotopic (exact) mass is 389 g/mol. The molecule has 0 spiro atoms. The Hall–Kier alpha value is -1.86. The molecule has 6 nitrogen and oxygen atoms in total. The Morgan fingerprint density at radius 2 is 1.93 bits per heavy atom. The van der Waals surface area contributed by atoms with Gasteiger partial charge in [0, 0.05) is 33.4 Å². The Morgan fingerprint density at radius 3 is 2.67 bits per heavy atom. The minimum Gasteiger partial charge on any atom is -0.385 e. The highest BCUT2D eigenvalue weighted by atomic mass is 32.2. The molecule has 1 aromatic heterocycles. The first-order valence-corrected chi connectivity index (χ1v) is 10.6. The Morgan fingerprint density at radius 1 is 1.19 bits per heavy atom. The lowest BCUT2D eigenvalue weighted by Crippen LogP contribution is -2.33. The number of fused-ring (bicyclic) bond motifs is 1. The largest absolute Gasteiger partial charge is 0.385 e. The number of para-hydroxylation sites is 1. The second-order valence-electron chi connectivity index (χ2n) is 6.80. The van der Waals surface area contributed by atoms with Gasteiger partial charge in [-0.2, -0.15) is 0 Å². The molecule has 7 heteroatoms. The zero-order valence-corrected chi connectivity index (χ0v) is 16.7. The quantitative estimate of drug-likeness (QED) is 0.414. The van der Waals surface area contributed by atoms with Gasteiger partial charge >= 0.3 is 0 Å². The molecule has 0 radical (unpaired) electrons. The Labute approximate surface area is 163 Å². The van der Waals surface area contributed by atoms with Gasteiger partial charge in [0.2, 0.25) is 5.91 Å². The first-order chi connectivity index (χ1) is 13.2. The summed E-state index contributed by atoms with van der Waals surface area (Å²) in [4.78, 5) is 32.1. The average Bonchev–Trinajstić information content (AvgIpc) is 2.98. The molecule has 27 heavy (non-hydrogen) atoms. The second-order valence-corrected chi connectivity index (χ2v) is 7.74. The highest BCUT2D eigenvalue weighted by molar-refractivity contribution is 7.99. The number of nitrogens with zero attached hydrogens (tertiary/aromatic N) is 3. The van der Waals surface area contributed by atoms with Crippen LogP contribution in [0.3, 0.4) is 0 Å². The molecule has 1 aliphatic rings. The van der Waals surface area contributed by atoms with Crippen LogP contribution in [0.4, 0.5) is 0 Å². The van der Waals surface area contributed by atoms with Crippen LogP contribution in [-0.2, 0) is 16.1 Å². The maximum atomic E-state index is 12.9. The number of likely N-dealkylation sites (tertiary alicyclic amines) is 1. The molecule has 1 aliphatic heterocycles. The number of amides is 1. The van der Waals surface area contributed by atoms with Gasteiger partial charge in [-0.15, -0.1) is 0 Å². The van der Waals surface area contributed by atoms with Crippen molar-refractivity contribution in [2.75, 3.05) is 32.6 Å². The van der Waals surface area contributed by atoms with Crippen LogP contribution in [0.25, 0.3) is 10.9 Å². The van der Waals surface area contributed by atoms with Crippen molar-refractivity contribution in [3.05, 3.63) is 34.6 Å². The first-order valence-electron chi connectivity index (χ1n) is 9.60. The molecule has 2 aromatic rings. The van der Waals surface area contributed by atoms with E-state index in [0.29, 0.717) is 35.0 Å². The second kappa shape index (κ2) is 9.90. The number of benzene rings is 1. The van der Waals surface area contributed by atoms with E-state index in [4.69, 9.17) is 4.74 Å². The fourth-order valence-corrected chi connectivity index (χ4v) is 4.29. The van der Waals surface area contributed by atoms with Gasteiger partial charge in [0.05, 0.1) is 16.7 Å². The maximum Gasteiger partial charge on any atom is 0.262 e. The lowest BCUT2D eigenvalue weighted by atomic mass is 10.2. The van der Waals surface area contributed by atoms with Crippen molar-refractivity contribution in [1.82, 2.24) is 14.5 Å². The predicted octanol–water partition coefficient (Wildman–Crippen LogP) is 2.93. The van der Waals surface area contributed by atoms with Crippen LogP contribution in [0.15, 0.2) is 34.2 Å². The number of carbonyl (C=O) groups excluding carboxylic acids is 1. The molecule has 0 N–H and O–H groups in total. The van der Waals surface area contributed by atoms with Crippen molar-refractivity contribution >= 4 is 28.6 Å². The number of rotatable bonds is 7. The average molecular weight is 390 g/mol. The van der Waals surface area contributed by atoms with E-state index >= 15 is 0 Å². The van der Waals surface area contributed by atoms with Gasteiger partial charge in [-0.25, -0.2) is 4.98 Å². The van der Waals surface area contributed by atoms with Crippen LogP contribution in [-0.4, -0.2) is 52.9 Å². The third kappa shape index (κ3) is 5.11. The number of aromatic nitrogens is 2. The molecule has 0 saturated carbocycles. The van der Waals surface area contributed by atoms with Crippen LogP contribution >= 0.6 is 11.8 Å². The van der Waals surface area contributed by atoms with Gasteiger partial charge in [-0.05, 0) is 31.4 Å².